The average molecular weight is 248 g/mol. The fraction of sp³-hybridized carbons (Fsp3) is 1.00. The zero-order valence-electron chi connectivity index (χ0n) is 9.48. The lowest BCUT2D eigenvalue weighted by Gasteiger charge is -2.46. The van der Waals surface area contributed by atoms with Crippen molar-refractivity contribution in [1.82, 2.24) is 9.80 Å². The minimum Gasteiger partial charge on any atom is -0.378 e. The molecule has 15 heavy (non-hydrogen) atoms. The molecule has 0 aromatic carbocycles. The molecule has 3 nitrogen and oxygen atoms in total. The summed E-state index contributed by atoms with van der Waals surface area (Å²) in [6.07, 6.45) is 0. The molecule has 0 aromatic heterocycles. The van der Waals surface area contributed by atoms with Crippen LogP contribution in [-0.4, -0.2) is 60.1 Å². The van der Waals surface area contributed by atoms with Gasteiger partial charge in [0.1, 0.15) is 0 Å². The monoisotopic (exact) mass is 248 g/mol. The minimum absolute atomic E-state index is 0.158. The van der Waals surface area contributed by atoms with Gasteiger partial charge < -0.3 is 4.74 Å². The SMILES string of the molecule is CC(C)(SS)N1CCN(C2COC2)CC1. The number of thiol groups is 1. The molecule has 2 heterocycles. The van der Waals surface area contributed by atoms with Crippen LogP contribution >= 0.6 is 22.5 Å². The van der Waals surface area contributed by atoms with Gasteiger partial charge in [0.15, 0.2) is 0 Å². The Morgan fingerprint density at radius 1 is 1.20 bits per heavy atom. The van der Waals surface area contributed by atoms with Gasteiger partial charge in [0, 0.05) is 26.2 Å². The summed E-state index contributed by atoms with van der Waals surface area (Å²) in [5.41, 5.74) is 0. The zero-order chi connectivity index (χ0) is 10.9. The molecule has 2 saturated heterocycles. The Hall–Kier alpha value is 0.580. The Balaban J connectivity index is 1.81. The number of hydrogen-bond donors (Lipinski definition) is 1. The van der Waals surface area contributed by atoms with Crippen LogP contribution in [-0.2, 0) is 4.74 Å². The van der Waals surface area contributed by atoms with Gasteiger partial charge in [-0.1, -0.05) is 10.8 Å². The fourth-order valence-electron chi connectivity index (χ4n) is 2.12. The highest BCUT2D eigenvalue weighted by molar-refractivity contribution is 8.69. The Bertz CT molecular complexity index is 213. The quantitative estimate of drug-likeness (QED) is 0.598. The lowest BCUT2D eigenvalue weighted by Crippen LogP contribution is -2.59. The molecular weight excluding hydrogens is 228 g/mol. The molecule has 2 aliphatic heterocycles. The zero-order valence-corrected chi connectivity index (χ0v) is 11.2. The smallest absolute Gasteiger partial charge is 0.0714 e. The second-order valence-electron chi connectivity index (χ2n) is 4.75. The molecule has 0 N–H and O–H groups in total. The van der Waals surface area contributed by atoms with Crippen molar-refractivity contribution >= 4 is 22.5 Å². The molecule has 2 aliphatic rings. The summed E-state index contributed by atoms with van der Waals surface area (Å²) in [6.45, 7) is 11.0. The summed E-state index contributed by atoms with van der Waals surface area (Å²) < 4.78 is 5.23. The average Bonchev–Trinajstić information content (AvgIpc) is 2.16. The van der Waals surface area contributed by atoms with Crippen molar-refractivity contribution in [1.29, 1.82) is 0 Å². The van der Waals surface area contributed by atoms with E-state index < -0.39 is 0 Å². The summed E-state index contributed by atoms with van der Waals surface area (Å²) in [6, 6.07) is 0.693. The number of rotatable bonds is 3. The molecule has 2 rings (SSSR count). The van der Waals surface area contributed by atoms with Gasteiger partial charge in [-0.3, -0.25) is 9.80 Å². The first kappa shape index (κ1) is 12.0. The lowest BCUT2D eigenvalue weighted by atomic mass is 10.1. The highest BCUT2D eigenvalue weighted by Crippen LogP contribution is 2.32. The van der Waals surface area contributed by atoms with E-state index in [0.29, 0.717) is 6.04 Å². The van der Waals surface area contributed by atoms with Crippen molar-refractivity contribution < 1.29 is 4.74 Å². The molecule has 0 atom stereocenters. The highest BCUT2D eigenvalue weighted by atomic mass is 33.1. The van der Waals surface area contributed by atoms with Crippen LogP contribution in [0.1, 0.15) is 13.8 Å². The van der Waals surface area contributed by atoms with E-state index in [4.69, 9.17) is 4.74 Å². The number of nitrogens with zero attached hydrogens (tertiary/aromatic N) is 2. The highest BCUT2D eigenvalue weighted by Gasteiger charge is 2.33. The Morgan fingerprint density at radius 2 is 1.80 bits per heavy atom. The van der Waals surface area contributed by atoms with Crippen LogP contribution in [0.5, 0.6) is 0 Å². The maximum atomic E-state index is 5.23. The number of piperazine rings is 1. The number of hydrogen-bond acceptors (Lipinski definition) is 5. The van der Waals surface area contributed by atoms with Crippen molar-refractivity contribution in [2.75, 3.05) is 39.4 Å². The lowest BCUT2D eigenvalue weighted by molar-refractivity contribution is -0.0798. The van der Waals surface area contributed by atoms with E-state index in [0.717, 1.165) is 26.3 Å². The van der Waals surface area contributed by atoms with Crippen LogP contribution in [0.4, 0.5) is 0 Å². The summed E-state index contributed by atoms with van der Waals surface area (Å²) in [5.74, 6) is 0. The molecule has 2 fully saturated rings. The van der Waals surface area contributed by atoms with E-state index in [1.165, 1.54) is 13.1 Å². The summed E-state index contributed by atoms with van der Waals surface area (Å²) >= 11 is 4.35. The maximum Gasteiger partial charge on any atom is 0.0714 e. The third kappa shape index (κ3) is 2.64. The van der Waals surface area contributed by atoms with Gasteiger partial charge in [-0.15, -0.1) is 11.7 Å². The second-order valence-corrected chi connectivity index (χ2v) is 6.48. The van der Waals surface area contributed by atoms with E-state index in [9.17, 15) is 0 Å². The van der Waals surface area contributed by atoms with Crippen molar-refractivity contribution in [2.24, 2.45) is 0 Å². The van der Waals surface area contributed by atoms with Crippen LogP contribution in [0.25, 0.3) is 0 Å². The summed E-state index contributed by atoms with van der Waals surface area (Å²) in [4.78, 5) is 5.23. The third-order valence-corrected chi connectivity index (χ3v) is 5.48. The molecule has 5 heteroatoms. The molecule has 0 bridgehead atoms. The maximum absolute atomic E-state index is 5.23. The second kappa shape index (κ2) is 4.84. The summed E-state index contributed by atoms with van der Waals surface area (Å²) in [5, 5.41) is 0. The van der Waals surface area contributed by atoms with E-state index in [1.807, 2.05) is 0 Å². The Kier molecular flexibility index (Phi) is 3.88. The predicted octanol–water partition coefficient (Wildman–Crippen LogP) is 1.32. The molecule has 0 radical (unpaired) electrons. The van der Waals surface area contributed by atoms with Gasteiger partial charge in [0.05, 0.1) is 24.1 Å². The standard InChI is InChI=1S/C10H20N2OS2/c1-10(2,15-14)12-5-3-11(4-6-12)9-7-13-8-9/h9,14H,3-8H2,1-2H3. The molecule has 0 aliphatic carbocycles. The molecule has 0 aromatic rings. The molecule has 0 spiro atoms. The van der Waals surface area contributed by atoms with Crippen molar-refractivity contribution in [3.8, 4) is 0 Å². The van der Waals surface area contributed by atoms with Crippen LogP contribution in [0, 0.1) is 0 Å². The van der Waals surface area contributed by atoms with Crippen LogP contribution in [0.2, 0.25) is 0 Å². The topological polar surface area (TPSA) is 15.7 Å². The van der Waals surface area contributed by atoms with Crippen molar-refractivity contribution in [2.45, 2.75) is 24.8 Å². The summed E-state index contributed by atoms with van der Waals surface area (Å²) in [7, 11) is 1.64. The van der Waals surface area contributed by atoms with Crippen LogP contribution in [0.3, 0.4) is 0 Å². The van der Waals surface area contributed by atoms with Gasteiger partial charge in [-0.05, 0) is 13.8 Å². The van der Waals surface area contributed by atoms with E-state index >= 15 is 0 Å². The van der Waals surface area contributed by atoms with Crippen molar-refractivity contribution in [3.63, 3.8) is 0 Å². The largest absolute Gasteiger partial charge is 0.378 e. The van der Waals surface area contributed by atoms with Crippen LogP contribution in [0.15, 0.2) is 0 Å². The molecular formula is C10H20N2OS2. The van der Waals surface area contributed by atoms with Crippen LogP contribution < -0.4 is 0 Å². The number of ether oxygens (including phenoxy) is 1. The van der Waals surface area contributed by atoms with Crippen molar-refractivity contribution in [3.05, 3.63) is 0 Å². The van der Waals surface area contributed by atoms with Gasteiger partial charge >= 0.3 is 0 Å². The van der Waals surface area contributed by atoms with Gasteiger partial charge in [-0.25, -0.2) is 0 Å². The third-order valence-electron chi connectivity index (χ3n) is 3.44. The Labute approximate surface area is 101 Å². The normalized spacial score (nSPS) is 26.6. The van der Waals surface area contributed by atoms with E-state index in [2.05, 4.69) is 35.3 Å². The van der Waals surface area contributed by atoms with E-state index in [1.54, 1.807) is 10.8 Å². The minimum atomic E-state index is 0.158. The molecule has 0 amide bonds. The van der Waals surface area contributed by atoms with Gasteiger partial charge in [0.2, 0.25) is 0 Å². The molecule has 0 saturated carbocycles. The fourth-order valence-corrected chi connectivity index (χ4v) is 2.76. The van der Waals surface area contributed by atoms with E-state index in [-0.39, 0.29) is 4.87 Å². The first-order valence-electron chi connectivity index (χ1n) is 5.53. The van der Waals surface area contributed by atoms with Gasteiger partial charge in [-0.2, -0.15) is 0 Å². The predicted molar refractivity (Wildman–Crippen MR) is 68.4 cm³/mol. The van der Waals surface area contributed by atoms with Gasteiger partial charge in [0.25, 0.3) is 0 Å². The Morgan fingerprint density at radius 3 is 2.20 bits per heavy atom. The first-order valence-corrected chi connectivity index (χ1v) is 7.40. The molecule has 88 valence electrons. The molecule has 0 unspecified atom stereocenters. The first-order chi connectivity index (χ1) is 7.13.